The molecule has 19 heavy (non-hydrogen) atoms. The van der Waals surface area contributed by atoms with Gasteiger partial charge < -0.3 is 5.32 Å². The van der Waals surface area contributed by atoms with Crippen molar-refractivity contribution < 1.29 is 13.2 Å². The molecule has 0 aliphatic heterocycles. The van der Waals surface area contributed by atoms with Crippen LogP contribution < -0.4 is 5.32 Å². The van der Waals surface area contributed by atoms with Crippen LogP contribution in [-0.4, -0.2) is 6.04 Å². The van der Waals surface area contributed by atoms with Crippen LogP contribution in [0.4, 0.5) is 18.9 Å². The number of halogens is 3. The van der Waals surface area contributed by atoms with Crippen LogP contribution in [0.15, 0.2) is 18.2 Å². The zero-order chi connectivity index (χ0) is 14.3. The Balaban J connectivity index is 2.26. The summed E-state index contributed by atoms with van der Waals surface area (Å²) in [4.78, 5) is 0. The monoisotopic (exact) mass is 268 g/mol. The standard InChI is InChI=1S/C14H15F3N2/c1-9(13(2)5-6-13)19-11-4-3-10(8-18)12(7-11)14(15,16)17/h3-4,7,9,19H,5-6H2,1-2H3. The molecule has 1 N–H and O–H groups in total. The van der Waals surface area contributed by atoms with Gasteiger partial charge >= 0.3 is 6.18 Å². The van der Waals surface area contributed by atoms with Gasteiger partial charge in [0, 0.05) is 11.7 Å². The largest absolute Gasteiger partial charge is 0.417 e. The SMILES string of the molecule is CC(Nc1ccc(C#N)c(C(F)(F)F)c1)C1(C)CC1. The number of alkyl halides is 3. The highest BCUT2D eigenvalue weighted by Gasteiger charge is 2.42. The van der Waals surface area contributed by atoms with Gasteiger partial charge in [0.1, 0.15) is 0 Å². The maximum Gasteiger partial charge on any atom is 0.417 e. The molecule has 0 spiro atoms. The lowest BCUT2D eigenvalue weighted by Crippen LogP contribution is -2.25. The van der Waals surface area contributed by atoms with E-state index < -0.39 is 11.7 Å². The van der Waals surface area contributed by atoms with E-state index in [0.29, 0.717) is 5.69 Å². The minimum atomic E-state index is -4.50. The second-order valence-corrected chi connectivity index (χ2v) is 5.39. The Kier molecular flexibility index (Phi) is 3.21. The fourth-order valence-electron chi connectivity index (χ4n) is 2.02. The Morgan fingerprint density at radius 1 is 1.37 bits per heavy atom. The minimum Gasteiger partial charge on any atom is -0.382 e. The van der Waals surface area contributed by atoms with Crippen molar-refractivity contribution in [2.24, 2.45) is 5.41 Å². The predicted molar refractivity (Wildman–Crippen MR) is 66.6 cm³/mol. The molecule has 1 saturated carbocycles. The van der Waals surface area contributed by atoms with Gasteiger partial charge in [-0.25, -0.2) is 0 Å². The number of nitriles is 1. The van der Waals surface area contributed by atoms with Crippen LogP contribution in [0.3, 0.4) is 0 Å². The first-order valence-electron chi connectivity index (χ1n) is 6.14. The van der Waals surface area contributed by atoms with Crippen molar-refractivity contribution in [2.45, 2.75) is 38.9 Å². The van der Waals surface area contributed by atoms with Crippen molar-refractivity contribution in [2.75, 3.05) is 5.32 Å². The van der Waals surface area contributed by atoms with Gasteiger partial charge in [0.2, 0.25) is 0 Å². The first-order valence-corrected chi connectivity index (χ1v) is 6.14. The summed E-state index contributed by atoms with van der Waals surface area (Å²) in [5.41, 5.74) is -0.643. The number of rotatable bonds is 3. The Hall–Kier alpha value is -1.70. The van der Waals surface area contributed by atoms with E-state index in [4.69, 9.17) is 5.26 Å². The van der Waals surface area contributed by atoms with E-state index in [9.17, 15) is 13.2 Å². The molecule has 2 nitrogen and oxygen atoms in total. The summed E-state index contributed by atoms with van der Waals surface area (Å²) in [7, 11) is 0. The summed E-state index contributed by atoms with van der Waals surface area (Å²) in [5.74, 6) is 0. The van der Waals surface area contributed by atoms with E-state index >= 15 is 0 Å². The van der Waals surface area contributed by atoms with Gasteiger partial charge in [-0.05, 0) is 43.4 Å². The highest BCUT2D eigenvalue weighted by atomic mass is 19.4. The Morgan fingerprint density at radius 2 is 2.00 bits per heavy atom. The van der Waals surface area contributed by atoms with Crippen molar-refractivity contribution in [1.29, 1.82) is 5.26 Å². The number of hydrogen-bond donors (Lipinski definition) is 1. The van der Waals surface area contributed by atoms with E-state index in [1.165, 1.54) is 12.1 Å². The molecule has 5 heteroatoms. The molecule has 1 atom stereocenters. The zero-order valence-corrected chi connectivity index (χ0v) is 10.8. The average molecular weight is 268 g/mol. The van der Waals surface area contributed by atoms with Crippen LogP contribution >= 0.6 is 0 Å². The van der Waals surface area contributed by atoms with Gasteiger partial charge in [-0.2, -0.15) is 18.4 Å². The summed E-state index contributed by atoms with van der Waals surface area (Å²) < 4.78 is 38.5. The van der Waals surface area contributed by atoms with Crippen molar-refractivity contribution in [3.05, 3.63) is 29.3 Å². The van der Waals surface area contributed by atoms with Crippen molar-refractivity contribution in [3.63, 3.8) is 0 Å². The number of hydrogen-bond acceptors (Lipinski definition) is 2. The van der Waals surface area contributed by atoms with Crippen LogP contribution in [0.2, 0.25) is 0 Å². The summed E-state index contributed by atoms with van der Waals surface area (Å²) in [6, 6.07) is 5.44. The maximum atomic E-state index is 12.8. The lowest BCUT2D eigenvalue weighted by atomic mass is 10.00. The molecular weight excluding hydrogens is 253 g/mol. The number of nitrogens with one attached hydrogen (secondary N) is 1. The molecular formula is C14H15F3N2. The molecule has 1 fully saturated rings. The lowest BCUT2D eigenvalue weighted by molar-refractivity contribution is -0.137. The molecule has 102 valence electrons. The normalized spacial score (nSPS) is 18.5. The van der Waals surface area contributed by atoms with Crippen molar-refractivity contribution >= 4 is 5.69 Å². The highest BCUT2D eigenvalue weighted by Crippen LogP contribution is 2.49. The summed E-state index contributed by atoms with van der Waals surface area (Å²) in [6.07, 6.45) is -2.33. The Morgan fingerprint density at radius 3 is 2.47 bits per heavy atom. The Bertz CT molecular complexity index is 524. The number of nitrogens with zero attached hydrogens (tertiary/aromatic N) is 1. The van der Waals surface area contributed by atoms with Gasteiger partial charge in [-0.15, -0.1) is 0 Å². The lowest BCUT2D eigenvalue weighted by Gasteiger charge is -2.22. The molecule has 0 aromatic heterocycles. The van der Waals surface area contributed by atoms with E-state index in [1.54, 1.807) is 6.07 Å². The molecule has 1 aromatic carbocycles. The average Bonchev–Trinajstić information content (AvgIpc) is 3.07. The molecule has 0 heterocycles. The molecule has 1 aromatic rings. The van der Waals surface area contributed by atoms with Gasteiger partial charge in [0.15, 0.2) is 0 Å². The fourth-order valence-corrected chi connectivity index (χ4v) is 2.02. The molecule has 0 amide bonds. The third kappa shape index (κ3) is 2.83. The van der Waals surface area contributed by atoms with Crippen LogP contribution in [0.5, 0.6) is 0 Å². The molecule has 1 unspecified atom stereocenters. The fraction of sp³-hybridized carbons (Fsp3) is 0.500. The quantitative estimate of drug-likeness (QED) is 0.892. The van der Waals surface area contributed by atoms with E-state index in [-0.39, 0.29) is 17.0 Å². The Labute approximate surface area is 110 Å². The predicted octanol–water partition coefficient (Wildman–Crippen LogP) is 4.18. The molecule has 1 aliphatic carbocycles. The number of anilines is 1. The topological polar surface area (TPSA) is 35.8 Å². The minimum absolute atomic E-state index is 0.113. The van der Waals surface area contributed by atoms with E-state index in [1.807, 2.05) is 6.92 Å². The maximum absolute atomic E-state index is 12.8. The summed E-state index contributed by atoms with van der Waals surface area (Å²) >= 11 is 0. The molecule has 1 aliphatic rings. The first-order chi connectivity index (χ1) is 8.76. The zero-order valence-electron chi connectivity index (χ0n) is 10.8. The van der Waals surface area contributed by atoms with Crippen molar-refractivity contribution in [3.8, 4) is 6.07 Å². The summed E-state index contributed by atoms with van der Waals surface area (Å²) in [5, 5.41) is 11.8. The molecule has 0 radical (unpaired) electrons. The molecule has 0 bridgehead atoms. The first kappa shape index (κ1) is 13.7. The van der Waals surface area contributed by atoms with Gasteiger partial charge in [-0.1, -0.05) is 6.92 Å². The van der Waals surface area contributed by atoms with Crippen molar-refractivity contribution in [1.82, 2.24) is 0 Å². The summed E-state index contributed by atoms with van der Waals surface area (Å²) in [6.45, 7) is 4.08. The van der Waals surface area contributed by atoms with Crippen LogP contribution in [-0.2, 0) is 6.18 Å². The number of benzene rings is 1. The van der Waals surface area contributed by atoms with Gasteiger partial charge in [-0.3, -0.25) is 0 Å². The van der Waals surface area contributed by atoms with Gasteiger partial charge in [0.05, 0.1) is 17.2 Å². The smallest absolute Gasteiger partial charge is 0.382 e. The van der Waals surface area contributed by atoms with E-state index in [2.05, 4.69) is 12.2 Å². The molecule has 0 saturated heterocycles. The van der Waals surface area contributed by atoms with Crippen LogP contribution in [0.25, 0.3) is 0 Å². The van der Waals surface area contributed by atoms with Crippen LogP contribution in [0, 0.1) is 16.7 Å². The highest BCUT2D eigenvalue weighted by molar-refractivity contribution is 5.53. The third-order valence-corrected chi connectivity index (χ3v) is 3.91. The van der Waals surface area contributed by atoms with Crippen LogP contribution in [0.1, 0.15) is 37.8 Å². The second-order valence-electron chi connectivity index (χ2n) is 5.39. The van der Waals surface area contributed by atoms with E-state index in [0.717, 1.165) is 18.9 Å². The van der Waals surface area contributed by atoms with Gasteiger partial charge in [0.25, 0.3) is 0 Å². The third-order valence-electron chi connectivity index (χ3n) is 3.91. The molecule has 2 rings (SSSR count). The second kappa shape index (κ2) is 4.44.